The lowest BCUT2D eigenvalue weighted by atomic mass is 10.0. The highest BCUT2D eigenvalue weighted by molar-refractivity contribution is 6.09. The minimum absolute atomic E-state index is 0.0244. The molecule has 1 aliphatic heterocycles. The van der Waals surface area contributed by atoms with Gasteiger partial charge in [-0.2, -0.15) is 0 Å². The molecule has 0 radical (unpaired) electrons. The highest BCUT2D eigenvalue weighted by Gasteiger charge is 2.20. The van der Waals surface area contributed by atoms with Crippen LogP contribution in [0.5, 0.6) is 0 Å². The number of benzene rings is 2. The van der Waals surface area contributed by atoms with Gasteiger partial charge >= 0.3 is 0 Å². The Morgan fingerprint density at radius 3 is 2.83 bits per heavy atom. The summed E-state index contributed by atoms with van der Waals surface area (Å²) in [5, 5.41) is 3.91. The van der Waals surface area contributed by atoms with Crippen LogP contribution in [0.3, 0.4) is 0 Å². The lowest BCUT2D eigenvalue weighted by Crippen LogP contribution is -2.23. The molecule has 2 heterocycles. The van der Waals surface area contributed by atoms with Crippen molar-refractivity contribution >= 4 is 22.5 Å². The SMILES string of the molecule is Nc1cccc(C#Cc2[nH]c3cccc4c3c2CCNC4=O)c1. The summed E-state index contributed by atoms with van der Waals surface area (Å²) < 4.78 is 0. The molecule has 2 aromatic carbocycles. The summed E-state index contributed by atoms with van der Waals surface area (Å²) in [5.74, 6) is 6.32. The highest BCUT2D eigenvalue weighted by atomic mass is 16.1. The molecule has 4 heteroatoms. The molecule has 0 atom stereocenters. The van der Waals surface area contributed by atoms with Crippen LogP contribution in [-0.2, 0) is 6.42 Å². The number of aromatic nitrogens is 1. The molecule has 3 aromatic rings. The van der Waals surface area contributed by atoms with Gasteiger partial charge in [0.1, 0.15) is 0 Å². The van der Waals surface area contributed by atoms with Crippen LogP contribution in [-0.4, -0.2) is 17.4 Å². The molecule has 112 valence electrons. The molecule has 0 spiro atoms. The van der Waals surface area contributed by atoms with Gasteiger partial charge in [-0.25, -0.2) is 0 Å². The molecular formula is C19H15N3O. The summed E-state index contributed by atoms with van der Waals surface area (Å²) in [6, 6.07) is 13.2. The number of anilines is 1. The first-order valence-electron chi connectivity index (χ1n) is 7.52. The van der Waals surface area contributed by atoms with E-state index in [1.54, 1.807) is 0 Å². The van der Waals surface area contributed by atoms with E-state index < -0.39 is 0 Å². The quantitative estimate of drug-likeness (QED) is 0.441. The number of carbonyl (C=O) groups is 1. The topological polar surface area (TPSA) is 70.9 Å². The van der Waals surface area contributed by atoms with Gasteiger partial charge in [0.2, 0.25) is 0 Å². The van der Waals surface area contributed by atoms with Gasteiger partial charge in [0.15, 0.2) is 0 Å². The fourth-order valence-corrected chi connectivity index (χ4v) is 3.01. The Balaban J connectivity index is 1.87. The van der Waals surface area contributed by atoms with E-state index in [-0.39, 0.29) is 5.91 Å². The van der Waals surface area contributed by atoms with Crippen LogP contribution in [0.25, 0.3) is 10.9 Å². The van der Waals surface area contributed by atoms with E-state index in [0.29, 0.717) is 17.8 Å². The van der Waals surface area contributed by atoms with Crippen LogP contribution < -0.4 is 11.1 Å². The van der Waals surface area contributed by atoms with Gasteiger partial charge in [0.05, 0.1) is 5.69 Å². The molecule has 0 bridgehead atoms. The van der Waals surface area contributed by atoms with Gasteiger partial charge in [-0.15, -0.1) is 0 Å². The Kier molecular flexibility index (Phi) is 3.06. The Hall–Kier alpha value is -3.19. The number of H-pyrrole nitrogens is 1. The fraction of sp³-hybridized carbons (Fsp3) is 0.105. The van der Waals surface area contributed by atoms with Crippen LogP contribution >= 0.6 is 0 Å². The van der Waals surface area contributed by atoms with Gasteiger partial charge in [0.25, 0.3) is 5.91 Å². The molecule has 0 saturated heterocycles. The van der Waals surface area contributed by atoms with Gasteiger partial charge in [-0.3, -0.25) is 4.79 Å². The van der Waals surface area contributed by atoms with Crippen molar-refractivity contribution in [2.24, 2.45) is 0 Å². The standard InChI is InChI=1S/C19H15N3O/c20-13-4-1-3-12(11-13)7-8-16-14-9-10-21-19(23)15-5-2-6-17(22-16)18(14)15/h1-6,11,22H,9-10,20H2,(H,21,23). The number of amides is 1. The second-order valence-electron chi connectivity index (χ2n) is 5.59. The number of nitrogen functional groups attached to an aromatic ring is 1. The number of aromatic amines is 1. The van der Waals surface area contributed by atoms with Crippen molar-refractivity contribution in [3.63, 3.8) is 0 Å². The Bertz CT molecular complexity index is 989. The molecule has 0 aliphatic carbocycles. The van der Waals surface area contributed by atoms with Gasteiger partial charge < -0.3 is 16.0 Å². The minimum atomic E-state index is -0.0244. The van der Waals surface area contributed by atoms with E-state index in [0.717, 1.165) is 34.1 Å². The molecule has 4 nitrogen and oxygen atoms in total. The fourth-order valence-electron chi connectivity index (χ4n) is 3.01. The van der Waals surface area contributed by atoms with Crippen molar-refractivity contribution in [2.75, 3.05) is 12.3 Å². The normalized spacial score (nSPS) is 13.1. The first-order chi connectivity index (χ1) is 11.2. The third kappa shape index (κ3) is 2.33. The van der Waals surface area contributed by atoms with Crippen LogP contribution in [0, 0.1) is 11.8 Å². The maximum Gasteiger partial charge on any atom is 0.251 e. The second-order valence-corrected chi connectivity index (χ2v) is 5.59. The van der Waals surface area contributed by atoms with Crippen molar-refractivity contribution in [1.82, 2.24) is 10.3 Å². The van der Waals surface area contributed by atoms with Gasteiger partial charge in [0, 0.05) is 34.3 Å². The zero-order chi connectivity index (χ0) is 15.8. The maximum absolute atomic E-state index is 12.1. The van der Waals surface area contributed by atoms with E-state index in [9.17, 15) is 4.79 Å². The van der Waals surface area contributed by atoms with Crippen LogP contribution in [0.4, 0.5) is 5.69 Å². The van der Waals surface area contributed by atoms with Crippen molar-refractivity contribution in [3.05, 3.63) is 64.8 Å². The Morgan fingerprint density at radius 1 is 1.09 bits per heavy atom. The summed E-state index contributed by atoms with van der Waals surface area (Å²) in [7, 11) is 0. The first-order valence-corrected chi connectivity index (χ1v) is 7.52. The molecule has 1 amide bonds. The maximum atomic E-state index is 12.1. The number of nitrogens with two attached hydrogens (primary N) is 1. The number of hydrogen-bond acceptors (Lipinski definition) is 2. The van der Waals surface area contributed by atoms with E-state index in [1.165, 1.54) is 0 Å². The molecule has 4 rings (SSSR count). The van der Waals surface area contributed by atoms with Crippen LogP contribution in [0.15, 0.2) is 42.5 Å². The Labute approximate surface area is 133 Å². The van der Waals surface area contributed by atoms with E-state index >= 15 is 0 Å². The predicted molar refractivity (Wildman–Crippen MR) is 91.2 cm³/mol. The third-order valence-electron chi connectivity index (χ3n) is 4.05. The van der Waals surface area contributed by atoms with Gasteiger partial charge in [-0.05, 0) is 48.2 Å². The molecular weight excluding hydrogens is 286 g/mol. The minimum Gasteiger partial charge on any atom is -0.399 e. The number of rotatable bonds is 0. The molecule has 4 N–H and O–H groups in total. The number of carbonyl (C=O) groups excluding carboxylic acids is 1. The molecule has 0 fully saturated rings. The number of hydrogen-bond donors (Lipinski definition) is 3. The average Bonchev–Trinajstić information content (AvgIpc) is 2.81. The zero-order valence-corrected chi connectivity index (χ0v) is 12.4. The van der Waals surface area contributed by atoms with Crippen molar-refractivity contribution in [1.29, 1.82) is 0 Å². The first kappa shape index (κ1) is 13.5. The average molecular weight is 301 g/mol. The molecule has 1 aliphatic rings. The highest BCUT2D eigenvalue weighted by Crippen LogP contribution is 2.27. The van der Waals surface area contributed by atoms with E-state index in [1.807, 2.05) is 42.5 Å². The van der Waals surface area contributed by atoms with Gasteiger partial charge in [-0.1, -0.05) is 18.1 Å². The number of nitrogens with one attached hydrogen (secondary N) is 2. The molecule has 1 aromatic heterocycles. The lowest BCUT2D eigenvalue weighted by Gasteiger charge is -2.00. The zero-order valence-electron chi connectivity index (χ0n) is 12.4. The smallest absolute Gasteiger partial charge is 0.251 e. The second kappa shape index (κ2) is 5.22. The van der Waals surface area contributed by atoms with E-state index in [4.69, 9.17) is 5.73 Å². The molecule has 23 heavy (non-hydrogen) atoms. The summed E-state index contributed by atoms with van der Waals surface area (Å²) in [4.78, 5) is 15.5. The summed E-state index contributed by atoms with van der Waals surface area (Å²) in [5.41, 5.74) is 11.0. The summed E-state index contributed by atoms with van der Waals surface area (Å²) in [6.07, 6.45) is 0.768. The summed E-state index contributed by atoms with van der Waals surface area (Å²) >= 11 is 0. The van der Waals surface area contributed by atoms with E-state index in [2.05, 4.69) is 22.1 Å². The third-order valence-corrected chi connectivity index (χ3v) is 4.05. The molecule has 0 unspecified atom stereocenters. The monoisotopic (exact) mass is 301 g/mol. The predicted octanol–water partition coefficient (Wildman–Crippen LogP) is 2.44. The largest absolute Gasteiger partial charge is 0.399 e. The van der Waals surface area contributed by atoms with Crippen LogP contribution in [0.2, 0.25) is 0 Å². The van der Waals surface area contributed by atoms with Crippen molar-refractivity contribution < 1.29 is 4.79 Å². The van der Waals surface area contributed by atoms with Crippen molar-refractivity contribution in [3.8, 4) is 11.8 Å². The van der Waals surface area contributed by atoms with Crippen LogP contribution in [0.1, 0.15) is 27.2 Å². The van der Waals surface area contributed by atoms with Crippen molar-refractivity contribution in [2.45, 2.75) is 6.42 Å². The lowest BCUT2D eigenvalue weighted by molar-refractivity contribution is 0.0957. The summed E-state index contributed by atoms with van der Waals surface area (Å²) in [6.45, 7) is 0.618. The molecule has 0 saturated carbocycles. The Morgan fingerprint density at radius 2 is 1.96 bits per heavy atom.